The van der Waals surface area contributed by atoms with E-state index in [2.05, 4.69) is 5.32 Å². The first-order valence-corrected chi connectivity index (χ1v) is 5.39. The molecule has 0 aliphatic heterocycles. The third-order valence-corrected chi connectivity index (χ3v) is 2.55. The van der Waals surface area contributed by atoms with Gasteiger partial charge in [-0.15, -0.1) is 0 Å². The van der Waals surface area contributed by atoms with Crippen molar-refractivity contribution in [1.82, 2.24) is 5.32 Å². The Labute approximate surface area is 86.3 Å². The van der Waals surface area contributed by atoms with Crippen LogP contribution >= 0.6 is 11.8 Å². The van der Waals surface area contributed by atoms with Gasteiger partial charge in [0.1, 0.15) is 0 Å². The number of alkyl halides is 3. The number of halogens is 3. The number of hydrogen-bond donors (Lipinski definition) is 2. The van der Waals surface area contributed by atoms with Crippen molar-refractivity contribution >= 4 is 11.8 Å². The average molecular weight is 231 g/mol. The van der Waals surface area contributed by atoms with Gasteiger partial charge < -0.3 is 10.4 Å². The van der Waals surface area contributed by atoms with Crippen LogP contribution in [0.25, 0.3) is 0 Å². The Hall–Kier alpha value is 0.0600. The molecule has 0 aliphatic carbocycles. The normalized spacial score (nSPS) is 16.7. The van der Waals surface area contributed by atoms with Crippen LogP contribution in [0.1, 0.15) is 20.3 Å². The van der Waals surface area contributed by atoms with E-state index >= 15 is 0 Å². The zero-order valence-corrected chi connectivity index (χ0v) is 9.13. The number of aliphatic hydroxyl groups is 1. The van der Waals surface area contributed by atoms with E-state index in [1.54, 1.807) is 6.92 Å². The maximum absolute atomic E-state index is 11.7. The lowest BCUT2D eigenvalue weighted by Crippen LogP contribution is -2.38. The lowest BCUT2D eigenvalue weighted by atomic mass is 10.0. The minimum atomic E-state index is -4.16. The monoisotopic (exact) mass is 231 g/mol. The Kier molecular flexibility index (Phi) is 5.85. The molecular formula is C8H16F3NOS. The van der Waals surface area contributed by atoms with Crippen LogP contribution in [0, 0.1) is 0 Å². The van der Waals surface area contributed by atoms with Gasteiger partial charge in [0.2, 0.25) is 0 Å². The lowest BCUT2D eigenvalue weighted by molar-refractivity contribution is -0.0327. The minimum absolute atomic E-state index is 0.0245. The zero-order chi connectivity index (χ0) is 11.2. The van der Waals surface area contributed by atoms with Crippen molar-refractivity contribution in [2.75, 3.05) is 18.8 Å². The molecule has 0 radical (unpaired) electrons. The second kappa shape index (κ2) is 5.82. The summed E-state index contributed by atoms with van der Waals surface area (Å²) in [7, 11) is 0. The molecule has 1 unspecified atom stereocenters. The van der Waals surface area contributed by atoms with Gasteiger partial charge in [-0.2, -0.15) is 13.2 Å². The van der Waals surface area contributed by atoms with Gasteiger partial charge in [-0.3, -0.25) is 0 Å². The number of hydrogen-bond acceptors (Lipinski definition) is 3. The molecule has 0 aromatic carbocycles. The van der Waals surface area contributed by atoms with Gasteiger partial charge in [0.05, 0.1) is 5.60 Å². The fraction of sp³-hybridized carbons (Fsp3) is 1.00. The first-order chi connectivity index (χ1) is 6.27. The molecule has 86 valence electrons. The Bertz CT molecular complexity index is 161. The summed E-state index contributed by atoms with van der Waals surface area (Å²) < 4.78 is 35.0. The first kappa shape index (κ1) is 14.1. The summed E-state index contributed by atoms with van der Waals surface area (Å²) in [4.78, 5) is 0. The molecule has 0 aliphatic rings. The molecule has 14 heavy (non-hydrogen) atoms. The maximum Gasteiger partial charge on any atom is 0.441 e. The van der Waals surface area contributed by atoms with Crippen LogP contribution in [-0.4, -0.2) is 35.1 Å². The molecule has 2 nitrogen and oxygen atoms in total. The van der Waals surface area contributed by atoms with Crippen LogP contribution in [0.3, 0.4) is 0 Å². The van der Waals surface area contributed by atoms with Crippen LogP contribution in [0.4, 0.5) is 13.2 Å². The van der Waals surface area contributed by atoms with Crippen LogP contribution in [-0.2, 0) is 0 Å². The molecule has 0 spiro atoms. The topological polar surface area (TPSA) is 32.3 Å². The average Bonchev–Trinajstić information content (AvgIpc) is 2.01. The van der Waals surface area contributed by atoms with Crippen molar-refractivity contribution in [3.05, 3.63) is 0 Å². The number of rotatable bonds is 6. The molecule has 6 heteroatoms. The third-order valence-electron chi connectivity index (χ3n) is 1.81. The van der Waals surface area contributed by atoms with Gasteiger partial charge in [-0.1, -0.05) is 6.92 Å². The molecule has 0 bridgehead atoms. The fourth-order valence-corrected chi connectivity index (χ4v) is 1.20. The second-order valence-electron chi connectivity index (χ2n) is 3.32. The molecule has 0 heterocycles. The highest BCUT2D eigenvalue weighted by atomic mass is 32.2. The predicted molar refractivity (Wildman–Crippen MR) is 52.3 cm³/mol. The summed E-state index contributed by atoms with van der Waals surface area (Å²) in [5, 5.41) is 12.3. The first-order valence-electron chi connectivity index (χ1n) is 4.40. The van der Waals surface area contributed by atoms with E-state index in [-0.39, 0.29) is 24.1 Å². The number of nitrogens with one attached hydrogen (secondary N) is 1. The van der Waals surface area contributed by atoms with Crippen molar-refractivity contribution in [2.24, 2.45) is 0 Å². The molecule has 0 rings (SSSR count). The second-order valence-corrected chi connectivity index (χ2v) is 4.48. The van der Waals surface area contributed by atoms with Crippen molar-refractivity contribution < 1.29 is 18.3 Å². The molecular weight excluding hydrogens is 215 g/mol. The Balaban J connectivity index is 3.39. The van der Waals surface area contributed by atoms with Crippen molar-refractivity contribution in [3.8, 4) is 0 Å². The highest BCUT2D eigenvalue weighted by Gasteiger charge is 2.27. The van der Waals surface area contributed by atoms with Crippen molar-refractivity contribution in [3.63, 3.8) is 0 Å². The molecule has 0 aromatic rings. The SMILES string of the molecule is CCC(C)(O)CNCCSC(F)(F)F. The standard InChI is InChI=1S/C8H16F3NOS/c1-3-7(2,13)6-12-4-5-14-8(9,10)11/h12-13H,3-6H2,1-2H3. The van der Waals surface area contributed by atoms with E-state index in [4.69, 9.17) is 0 Å². The summed E-state index contributed by atoms with van der Waals surface area (Å²) in [6.07, 6.45) is 0.576. The summed E-state index contributed by atoms with van der Waals surface area (Å²) in [5.74, 6) is -0.0245. The summed E-state index contributed by atoms with van der Waals surface area (Å²) in [6, 6.07) is 0. The third kappa shape index (κ3) is 8.65. The van der Waals surface area contributed by atoms with Gasteiger partial charge in [0.15, 0.2) is 0 Å². The lowest BCUT2D eigenvalue weighted by Gasteiger charge is -2.21. The van der Waals surface area contributed by atoms with Gasteiger partial charge >= 0.3 is 5.51 Å². The van der Waals surface area contributed by atoms with Crippen molar-refractivity contribution in [2.45, 2.75) is 31.4 Å². The summed E-state index contributed by atoms with van der Waals surface area (Å²) in [6.45, 7) is 4.05. The fourth-order valence-electron chi connectivity index (χ4n) is 0.722. The largest absolute Gasteiger partial charge is 0.441 e. The van der Waals surface area contributed by atoms with Crippen molar-refractivity contribution in [1.29, 1.82) is 0 Å². The van der Waals surface area contributed by atoms with E-state index in [9.17, 15) is 18.3 Å². The van der Waals surface area contributed by atoms with Gasteiger partial charge in [0.25, 0.3) is 0 Å². The number of thioether (sulfide) groups is 1. The molecule has 0 fully saturated rings. The van der Waals surface area contributed by atoms with E-state index in [1.165, 1.54) is 0 Å². The van der Waals surface area contributed by atoms with Crippen LogP contribution < -0.4 is 5.32 Å². The van der Waals surface area contributed by atoms with Crippen LogP contribution in [0.2, 0.25) is 0 Å². The van der Waals surface area contributed by atoms with Gasteiger partial charge in [-0.05, 0) is 25.1 Å². The minimum Gasteiger partial charge on any atom is -0.389 e. The highest BCUT2D eigenvalue weighted by molar-refractivity contribution is 8.00. The Morgan fingerprint density at radius 3 is 2.36 bits per heavy atom. The predicted octanol–water partition coefficient (Wildman–Crippen LogP) is 1.99. The van der Waals surface area contributed by atoms with Crippen LogP contribution in [0.5, 0.6) is 0 Å². The summed E-state index contributed by atoms with van der Waals surface area (Å²) in [5.41, 5.74) is -4.99. The Morgan fingerprint density at radius 2 is 1.93 bits per heavy atom. The van der Waals surface area contributed by atoms with Gasteiger partial charge in [-0.25, -0.2) is 0 Å². The zero-order valence-electron chi connectivity index (χ0n) is 8.32. The maximum atomic E-state index is 11.7. The molecule has 1 atom stereocenters. The molecule has 0 amide bonds. The van der Waals surface area contributed by atoms with E-state index in [0.29, 0.717) is 13.0 Å². The molecule has 0 aromatic heterocycles. The van der Waals surface area contributed by atoms with E-state index < -0.39 is 11.1 Å². The quantitative estimate of drug-likeness (QED) is 0.686. The molecule has 2 N–H and O–H groups in total. The van der Waals surface area contributed by atoms with E-state index in [1.807, 2.05) is 6.92 Å². The van der Waals surface area contributed by atoms with Crippen LogP contribution in [0.15, 0.2) is 0 Å². The van der Waals surface area contributed by atoms with Gasteiger partial charge in [0, 0.05) is 18.8 Å². The highest BCUT2D eigenvalue weighted by Crippen LogP contribution is 2.29. The molecule has 0 saturated carbocycles. The summed E-state index contributed by atoms with van der Waals surface area (Å²) >= 11 is -0.0524. The Morgan fingerprint density at radius 1 is 1.36 bits per heavy atom. The molecule has 0 saturated heterocycles. The van der Waals surface area contributed by atoms with E-state index in [0.717, 1.165) is 0 Å². The smallest absolute Gasteiger partial charge is 0.389 e.